The van der Waals surface area contributed by atoms with Crippen LogP contribution in [-0.2, 0) is 0 Å². The summed E-state index contributed by atoms with van der Waals surface area (Å²) in [4.78, 5) is 0. The lowest BCUT2D eigenvalue weighted by Crippen LogP contribution is -2.51. The van der Waals surface area contributed by atoms with Crippen LogP contribution in [0.25, 0.3) is 0 Å². The number of unbranched alkanes of at least 4 members (excludes halogenated alkanes) is 1. The first-order valence-electron chi connectivity index (χ1n) is 11.6. The van der Waals surface area contributed by atoms with Gasteiger partial charge in [-0.25, -0.2) is 0 Å². The molecule has 3 fully saturated rings. The van der Waals surface area contributed by atoms with Gasteiger partial charge in [-0.15, -0.1) is 0 Å². The van der Waals surface area contributed by atoms with Crippen LogP contribution < -0.4 is 0 Å². The molecule has 1 heteroatoms. The van der Waals surface area contributed by atoms with Crippen molar-refractivity contribution in [2.45, 2.75) is 140 Å². The molecule has 3 aliphatic rings. The first-order valence-corrected chi connectivity index (χ1v) is 11.6. The third-order valence-electron chi connectivity index (χ3n) is 8.64. The van der Waals surface area contributed by atoms with Gasteiger partial charge < -0.3 is 0 Å². The van der Waals surface area contributed by atoms with Gasteiger partial charge in [-0.05, 0) is 0 Å². The molecular weight excluding hydrogens is 275 g/mol. The van der Waals surface area contributed by atoms with Gasteiger partial charge in [-0.3, -0.25) is 0 Å². The minimum atomic E-state index is -0.0826. The minimum Gasteiger partial charge on any atom is -0.177 e. The zero-order valence-corrected chi connectivity index (χ0v) is 16.0. The van der Waals surface area contributed by atoms with E-state index in [1.807, 2.05) is 0 Å². The van der Waals surface area contributed by atoms with E-state index in [4.69, 9.17) is 0 Å². The standard InChI is InChI=1S/C22H42B/c1-2-3-19-23(20-13-7-4-8-14-20,21-15-9-5-10-16-21)22-17-11-6-12-18-22/h20-22H,2-19H2,1H3/q-1. The Bertz CT molecular complexity index is 273. The zero-order valence-electron chi connectivity index (χ0n) is 16.0. The summed E-state index contributed by atoms with van der Waals surface area (Å²) < 4.78 is 0. The van der Waals surface area contributed by atoms with Crippen LogP contribution in [0, 0.1) is 0 Å². The van der Waals surface area contributed by atoms with Crippen molar-refractivity contribution in [2.75, 3.05) is 0 Å². The molecular formula is C22H42B-. The highest BCUT2D eigenvalue weighted by atomic mass is 14.3. The van der Waals surface area contributed by atoms with Gasteiger partial charge in [0.2, 0.25) is 0 Å². The van der Waals surface area contributed by atoms with Crippen molar-refractivity contribution in [3.05, 3.63) is 0 Å². The van der Waals surface area contributed by atoms with Gasteiger partial charge in [0.1, 0.15) is 0 Å². The molecule has 3 saturated carbocycles. The maximum absolute atomic E-state index is 2.43. The predicted molar refractivity (Wildman–Crippen MR) is 106 cm³/mol. The first kappa shape index (κ1) is 17.9. The summed E-state index contributed by atoms with van der Waals surface area (Å²) in [7, 11) is 0. The van der Waals surface area contributed by atoms with Crippen LogP contribution in [0.1, 0.15) is 116 Å². The molecule has 0 radical (unpaired) electrons. The molecule has 0 aromatic heterocycles. The van der Waals surface area contributed by atoms with Crippen molar-refractivity contribution in [3.63, 3.8) is 0 Å². The zero-order chi connectivity index (χ0) is 16.0. The van der Waals surface area contributed by atoms with Gasteiger partial charge in [-0.1, -0.05) is 116 Å². The molecule has 0 unspecified atom stereocenters. The maximum Gasteiger partial charge on any atom is 0.0100 e. The quantitative estimate of drug-likeness (QED) is 0.433. The molecule has 134 valence electrons. The Hall–Kier alpha value is 0.0649. The van der Waals surface area contributed by atoms with E-state index in [1.165, 1.54) is 32.1 Å². The van der Waals surface area contributed by atoms with Crippen molar-refractivity contribution in [2.24, 2.45) is 0 Å². The summed E-state index contributed by atoms with van der Waals surface area (Å²) in [5.74, 6) is 3.46. The van der Waals surface area contributed by atoms with E-state index in [2.05, 4.69) is 6.92 Å². The lowest BCUT2D eigenvalue weighted by molar-refractivity contribution is 0.411. The van der Waals surface area contributed by atoms with E-state index in [1.54, 1.807) is 83.4 Å². The largest absolute Gasteiger partial charge is 0.177 e. The van der Waals surface area contributed by atoms with Gasteiger partial charge in [0.15, 0.2) is 0 Å². The highest BCUT2D eigenvalue weighted by molar-refractivity contribution is 6.84. The average Bonchev–Trinajstić information content (AvgIpc) is 2.65. The van der Waals surface area contributed by atoms with E-state index in [-0.39, 0.29) is 6.15 Å². The summed E-state index contributed by atoms with van der Waals surface area (Å²) in [5.41, 5.74) is 0. The van der Waals surface area contributed by atoms with E-state index in [0.717, 1.165) is 17.5 Å². The second-order valence-electron chi connectivity index (χ2n) is 9.62. The van der Waals surface area contributed by atoms with E-state index in [0.29, 0.717) is 0 Å². The van der Waals surface area contributed by atoms with E-state index in [9.17, 15) is 0 Å². The van der Waals surface area contributed by atoms with Crippen LogP contribution in [0.4, 0.5) is 0 Å². The lowest BCUT2D eigenvalue weighted by atomic mass is 9.05. The van der Waals surface area contributed by atoms with Gasteiger partial charge in [-0.2, -0.15) is 23.8 Å². The molecule has 0 amide bonds. The molecule has 0 aromatic carbocycles. The maximum atomic E-state index is 2.43. The monoisotopic (exact) mass is 317 g/mol. The van der Waals surface area contributed by atoms with Crippen molar-refractivity contribution in [1.29, 1.82) is 0 Å². The summed E-state index contributed by atoms with van der Waals surface area (Å²) in [6.45, 7) is 2.43. The molecule has 0 saturated heterocycles. The Morgan fingerprint density at radius 2 is 0.913 bits per heavy atom. The van der Waals surface area contributed by atoms with Crippen molar-refractivity contribution in [3.8, 4) is 0 Å². The van der Waals surface area contributed by atoms with Crippen LogP contribution in [0.5, 0.6) is 0 Å². The molecule has 3 aliphatic carbocycles. The summed E-state index contributed by atoms with van der Waals surface area (Å²) in [5, 5.41) is 0. The first-order chi connectivity index (χ1) is 11.4. The molecule has 0 aromatic rings. The SMILES string of the molecule is CCCC[B-](C1CCCCC1)(C1CCCCC1)C1CCCCC1. The fourth-order valence-corrected chi connectivity index (χ4v) is 7.68. The molecule has 0 nitrogen and oxygen atoms in total. The predicted octanol–water partition coefficient (Wildman–Crippen LogP) is 8.24. The highest BCUT2D eigenvalue weighted by Gasteiger charge is 2.44. The van der Waals surface area contributed by atoms with E-state index < -0.39 is 0 Å². The van der Waals surface area contributed by atoms with E-state index >= 15 is 0 Å². The van der Waals surface area contributed by atoms with Gasteiger partial charge in [0.25, 0.3) is 0 Å². The summed E-state index contributed by atoms with van der Waals surface area (Å²) >= 11 is 0. The van der Waals surface area contributed by atoms with Gasteiger partial charge in [0.05, 0.1) is 0 Å². The second kappa shape index (κ2) is 8.96. The van der Waals surface area contributed by atoms with Crippen LogP contribution in [-0.4, -0.2) is 6.15 Å². The molecule has 0 bridgehead atoms. The van der Waals surface area contributed by atoms with Crippen molar-refractivity contribution in [1.82, 2.24) is 0 Å². The average molecular weight is 317 g/mol. The molecule has 0 atom stereocenters. The van der Waals surface area contributed by atoms with Crippen molar-refractivity contribution >= 4 is 6.15 Å². The Balaban J connectivity index is 1.88. The lowest BCUT2D eigenvalue weighted by Gasteiger charge is -2.61. The van der Waals surface area contributed by atoms with Gasteiger partial charge in [0, 0.05) is 6.15 Å². The minimum absolute atomic E-state index is 0.0826. The Labute approximate surface area is 146 Å². The fraction of sp³-hybridized carbons (Fsp3) is 1.00. The van der Waals surface area contributed by atoms with Crippen LogP contribution in [0.3, 0.4) is 0 Å². The Morgan fingerprint density at radius 1 is 0.565 bits per heavy atom. The number of rotatable bonds is 6. The van der Waals surface area contributed by atoms with Gasteiger partial charge >= 0.3 is 0 Å². The third-order valence-corrected chi connectivity index (χ3v) is 8.64. The molecule has 23 heavy (non-hydrogen) atoms. The Morgan fingerprint density at radius 3 is 1.22 bits per heavy atom. The summed E-state index contributed by atoms with van der Waals surface area (Å²) in [6.07, 6.45) is 28.1. The second-order valence-corrected chi connectivity index (χ2v) is 9.62. The number of hydrogen-bond acceptors (Lipinski definition) is 0. The highest BCUT2D eigenvalue weighted by Crippen LogP contribution is 2.58. The molecule has 0 heterocycles. The normalized spacial score (nSPS) is 26.5. The number of hydrogen-bond donors (Lipinski definition) is 0. The Kier molecular flexibility index (Phi) is 6.96. The van der Waals surface area contributed by atoms with Crippen molar-refractivity contribution < 1.29 is 0 Å². The molecule has 0 N–H and O–H groups in total. The van der Waals surface area contributed by atoms with Crippen LogP contribution in [0.15, 0.2) is 0 Å². The molecule has 0 aliphatic heterocycles. The fourth-order valence-electron chi connectivity index (χ4n) is 7.68. The summed E-state index contributed by atoms with van der Waals surface area (Å²) in [6, 6.07) is 0. The van der Waals surface area contributed by atoms with Crippen LogP contribution >= 0.6 is 0 Å². The topological polar surface area (TPSA) is 0 Å². The third kappa shape index (κ3) is 4.01. The molecule has 3 rings (SSSR count). The molecule has 0 spiro atoms. The smallest absolute Gasteiger partial charge is 0.0100 e. The van der Waals surface area contributed by atoms with Crippen LogP contribution in [0.2, 0.25) is 23.8 Å².